The molecule has 1 aromatic carbocycles. The molecule has 1 aliphatic rings. The lowest BCUT2D eigenvalue weighted by Gasteiger charge is -2.31. The van der Waals surface area contributed by atoms with Crippen molar-refractivity contribution in [2.45, 2.75) is 32.2 Å². The Balaban J connectivity index is 1.28. The van der Waals surface area contributed by atoms with E-state index in [4.69, 9.17) is 4.52 Å². The molecule has 0 unspecified atom stereocenters. The number of rotatable bonds is 5. The van der Waals surface area contributed by atoms with Gasteiger partial charge in [-0.3, -0.25) is 9.88 Å². The molecule has 0 atom stereocenters. The molecular weight excluding hydrogens is 317 g/mol. The highest BCUT2D eigenvalue weighted by molar-refractivity contribution is 5.79. The number of hydrogen-bond acceptors (Lipinski definition) is 4. The van der Waals surface area contributed by atoms with Gasteiger partial charge < -0.3 is 4.52 Å². The summed E-state index contributed by atoms with van der Waals surface area (Å²) in [6.07, 6.45) is 6.27. The van der Waals surface area contributed by atoms with E-state index in [1.165, 1.54) is 25.0 Å². The molecule has 0 spiro atoms. The largest absolute Gasteiger partial charge is 0.356 e. The van der Waals surface area contributed by atoms with E-state index in [9.17, 15) is 4.39 Å². The highest BCUT2D eigenvalue weighted by atomic mass is 19.1. The maximum Gasteiger partial charge on any atom is 0.170 e. The predicted octanol–water partition coefficient (Wildman–Crippen LogP) is 4.21. The van der Waals surface area contributed by atoms with E-state index < -0.39 is 0 Å². The molecule has 0 aliphatic carbocycles. The molecule has 1 aliphatic heterocycles. The zero-order chi connectivity index (χ0) is 17.1. The van der Waals surface area contributed by atoms with Crippen LogP contribution in [0.25, 0.3) is 11.0 Å². The van der Waals surface area contributed by atoms with Crippen LogP contribution < -0.4 is 0 Å². The molecule has 25 heavy (non-hydrogen) atoms. The number of halogens is 1. The highest BCUT2D eigenvalue weighted by Crippen LogP contribution is 2.26. The topological polar surface area (TPSA) is 42.2 Å². The van der Waals surface area contributed by atoms with Crippen molar-refractivity contribution >= 4 is 11.0 Å². The van der Waals surface area contributed by atoms with Gasteiger partial charge in [-0.25, -0.2) is 4.39 Å². The maximum atomic E-state index is 13.2. The highest BCUT2D eigenvalue weighted by Gasteiger charge is 2.20. The number of likely N-dealkylation sites (tertiary alicyclic amines) is 1. The van der Waals surface area contributed by atoms with Crippen LogP contribution in [0.2, 0.25) is 0 Å². The van der Waals surface area contributed by atoms with Gasteiger partial charge in [-0.2, -0.15) is 0 Å². The Labute approximate surface area is 146 Å². The molecule has 0 N–H and O–H groups in total. The molecule has 1 saturated heterocycles. The summed E-state index contributed by atoms with van der Waals surface area (Å²) in [5.41, 5.74) is 2.63. The van der Waals surface area contributed by atoms with Gasteiger partial charge in [0.05, 0.1) is 11.4 Å². The monoisotopic (exact) mass is 339 g/mol. The zero-order valence-corrected chi connectivity index (χ0v) is 14.2. The van der Waals surface area contributed by atoms with Gasteiger partial charge in [0.1, 0.15) is 5.82 Å². The first-order valence-electron chi connectivity index (χ1n) is 8.94. The van der Waals surface area contributed by atoms with E-state index in [2.05, 4.69) is 21.1 Å². The minimum absolute atomic E-state index is 0.282. The Kier molecular flexibility index (Phi) is 4.74. The first-order chi connectivity index (χ1) is 12.3. The molecule has 0 radical (unpaired) electrons. The summed E-state index contributed by atoms with van der Waals surface area (Å²) in [5.74, 6) is 0.433. The number of aryl methyl sites for hydroxylation is 1. The van der Waals surface area contributed by atoms with Gasteiger partial charge in [0.15, 0.2) is 5.58 Å². The summed E-state index contributed by atoms with van der Waals surface area (Å²) in [5, 5.41) is 5.07. The number of nitrogens with zero attached hydrogens (tertiary/aromatic N) is 3. The molecule has 2 aromatic heterocycles. The minimum atomic E-state index is -0.282. The summed E-state index contributed by atoms with van der Waals surface area (Å²) >= 11 is 0. The van der Waals surface area contributed by atoms with E-state index in [0.29, 0.717) is 11.5 Å². The Morgan fingerprint density at radius 2 is 2.04 bits per heavy atom. The fraction of sp³-hybridized carbons (Fsp3) is 0.400. The molecular formula is C20H22FN3O. The van der Waals surface area contributed by atoms with Crippen molar-refractivity contribution in [1.82, 2.24) is 15.0 Å². The third-order valence-electron chi connectivity index (χ3n) is 5.12. The van der Waals surface area contributed by atoms with Gasteiger partial charge in [0.2, 0.25) is 0 Å². The van der Waals surface area contributed by atoms with E-state index >= 15 is 0 Å². The van der Waals surface area contributed by atoms with Crippen molar-refractivity contribution in [2.24, 2.45) is 5.92 Å². The van der Waals surface area contributed by atoms with Gasteiger partial charge in [0, 0.05) is 24.2 Å². The van der Waals surface area contributed by atoms with Crippen LogP contribution in [0.15, 0.2) is 47.1 Å². The predicted molar refractivity (Wildman–Crippen MR) is 94.5 cm³/mol. The van der Waals surface area contributed by atoms with E-state index in [0.717, 1.165) is 49.2 Å². The van der Waals surface area contributed by atoms with Crippen molar-refractivity contribution in [3.63, 3.8) is 0 Å². The van der Waals surface area contributed by atoms with Gasteiger partial charge in [-0.05, 0) is 69.0 Å². The number of piperidine rings is 1. The Bertz CT molecular complexity index is 825. The third-order valence-corrected chi connectivity index (χ3v) is 5.12. The third kappa shape index (κ3) is 3.87. The van der Waals surface area contributed by atoms with Crippen molar-refractivity contribution in [1.29, 1.82) is 0 Å². The summed E-state index contributed by atoms with van der Waals surface area (Å²) in [6.45, 7) is 3.17. The van der Waals surface area contributed by atoms with E-state index in [-0.39, 0.29) is 5.82 Å². The normalized spacial score (nSPS) is 16.5. The van der Waals surface area contributed by atoms with E-state index in [1.54, 1.807) is 6.07 Å². The molecule has 3 aromatic rings. The average molecular weight is 339 g/mol. The number of hydrogen-bond donors (Lipinski definition) is 0. The SMILES string of the molecule is Fc1ccc2c(CCC3CCN(Cc4ccccn4)CC3)noc2c1. The lowest BCUT2D eigenvalue weighted by atomic mass is 9.91. The second-order valence-corrected chi connectivity index (χ2v) is 6.85. The summed E-state index contributed by atoms with van der Waals surface area (Å²) in [6, 6.07) is 10.7. The molecule has 130 valence electrons. The molecule has 4 nitrogen and oxygen atoms in total. The minimum Gasteiger partial charge on any atom is -0.356 e. The smallest absolute Gasteiger partial charge is 0.170 e. The number of fused-ring (bicyclic) bond motifs is 1. The fourth-order valence-electron chi connectivity index (χ4n) is 3.64. The van der Waals surface area contributed by atoms with Crippen LogP contribution in [0, 0.1) is 11.7 Å². The fourth-order valence-corrected chi connectivity index (χ4v) is 3.64. The molecule has 0 saturated carbocycles. The van der Waals surface area contributed by atoms with Crippen LogP contribution in [0.4, 0.5) is 4.39 Å². The van der Waals surface area contributed by atoms with Gasteiger partial charge in [-0.15, -0.1) is 0 Å². The Morgan fingerprint density at radius 3 is 2.84 bits per heavy atom. The summed E-state index contributed by atoms with van der Waals surface area (Å²) in [7, 11) is 0. The van der Waals surface area contributed by atoms with Crippen LogP contribution in [-0.4, -0.2) is 28.1 Å². The van der Waals surface area contributed by atoms with Crippen molar-refractivity contribution < 1.29 is 8.91 Å². The summed E-state index contributed by atoms with van der Waals surface area (Å²) in [4.78, 5) is 6.89. The van der Waals surface area contributed by atoms with E-state index in [1.807, 2.05) is 18.3 Å². The van der Waals surface area contributed by atoms with Crippen molar-refractivity contribution in [3.05, 3.63) is 59.8 Å². The molecule has 1 fully saturated rings. The quantitative estimate of drug-likeness (QED) is 0.698. The number of aromatic nitrogens is 2. The van der Waals surface area contributed by atoms with Crippen LogP contribution in [-0.2, 0) is 13.0 Å². The first kappa shape index (κ1) is 16.2. The van der Waals surface area contributed by atoms with Gasteiger partial charge in [0.25, 0.3) is 0 Å². The van der Waals surface area contributed by atoms with Crippen LogP contribution in [0.3, 0.4) is 0 Å². The molecule has 4 rings (SSSR count). The first-order valence-corrected chi connectivity index (χ1v) is 8.94. The molecule has 5 heteroatoms. The van der Waals surface area contributed by atoms with Crippen LogP contribution in [0.1, 0.15) is 30.7 Å². The lowest BCUT2D eigenvalue weighted by Crippen LogP contribution is -2.33. The Hall–Kier alpha value is -2.27. The van der Waals surface area contributed by atoms with Gasteiger partial charge in [-0.1, -0.05) is 11.2 Å². The number of benzene rings is 1. The van der Waals surface area contributed by atoms with Crippen LogP contribution in [0.5, 0.6) is 0 Å². The lowest BCUT2D eigenvalue weighted by molar-refractivity contribution is 0.170. The number of pyridine rings is 1. The molecule has 0 bridgehead atoms. The second-order valence-electron chi connectivity index (χ2n) is 6.85. The zero-order valence-electron chi connectivity index (χ0n) is 14.2. The van der Waals surface area contributed by atoms with Crippen molar-refractivity contribution in [2.75, 3.05) is 13.1 Å². The average Bonchev–Trinajstić information content (AvgIpc) is 3.04. The second kappa shape index (κ2) is 7.31. The summed E-state index contributed by atoms with van der Waals surface area (Å²) < 4.78 is 18.5. The molecule has 3 heterocycles. The maximum absolute atomic E-state index is 13.2. The van der Waals surface area contributed by atoms with Crippen LogP contribution >= 0.6 is 0 Å². The standard InChI is InChI=1S/C20H22FN3O/c21-16-5-6-18-19(23-25-20(18)13-16)7-4-15-8-11-24(12-9-15)14-17-3-1-2-10-22-17/h1-3,5-6,10,13,15H,4,7-9,11-12,14H2. The molecule has 0 amide bonds. The van der Waals surface area contributed by atoms with Crippen molar-refractivity contribution in [3.8, 4) is 0 Å². The Morgan fingerprint density at radius 1 is 1.16 bits per heavy atom. The van der Waals surface area contributed by atoms with Gasteiger partial charge >= 0.3 is 0 Å².